The SMILES string of the molecule is CC(C)(C)OC(=O)NC1CCC(N2CCC(Nc3cc(-c4c[nH]c5ncccc45)cc(Cl)n3)CC2)CC1. The summed E-state index contributed by atoms with van der Waals surface area (Å²) >= 11 is 6.42. The van der Waals surface area contributed by atoms with E-state index in [1.54, 1.807) is 6.20 Å². The first kappa shape index (κ1) is 25.8. The summed E-state index contributed by atoms with van der Waals surface area (Å²) in [5.74, 6) is 0.813. The van der Waals surface area contributed by atoms with E-state index in [1.165, 1.54) is 0 Å². The molecule has 0 spiro atoms. The van der Waals surface area contributed by atoms with Crippen LogP contribution in [0.25, 0.3) is 22.2 Å². The number of ether oxygens (including phenoxy) is 1. The fraction of sp³-hybridized carbons (Fsp3) is 0.536. The number of anilines is 1. The number of carbonyl (C=O) groups is 1. The van der Waals surface area contributed by atoms with Gasteiger partial charge in [-0.25, -0.2) is 14.8 Å². The summed E-state index contributed by atoms with van der Waals surface area (Å²) in [5, 5.41) is 8.23. The lowest BCUT2D eigenvalue weighted by Gasteiger charge is -2.41. The maximum absolute atomic E-state index is 12.1. The zero-order valence-corrected chi connectivity index (χ0v) is 22.6. The zero-order chi connectivity index (χ0) is 26.0. The zero-order valence-electron chi connectivity index (χ0n) is 21.9. The number of aromatic nitrogens is 3. The quantitative estimate of drug-likeness (QED) is 0.355. The van der Waals surface area contributed by atoms with Gasteiger partial charge < -0.3 is 25.3 Å². The molecule has 37 heavy (non-hydrogen) atoms. The van der Waals surface area contributed by atoms with E-state index >= 15 is 0 Å². The van der Waals surface area contributed by atoms with E-state index in [9.17, 15) is 4.79 Å². The van der Waals surface area contributed by atoms with Gasteiger partial charge in [0.15, 0.2) is 0 Å². The second kappa shape index (κ2) is 10.9. The number of nitrogens with one attached hydrogen (secondary N) is 3. The molecule has 2 fully saturated rings. The maximum Gasteiger partial charge on any atom is 0.407 e. The largest absolute Gasteiger partial charge is 0.444 e. The van der Waals surface area contributed by atoms with E-state index < -0.39 is 5.60 Å². The Morgan fingerprint density at radius 3 is 2.59 bits per heavy atom. The highest BCUT2D eigenvalue weighted by Crippen LogP contribution is 2.32. The van der Waals surface area contributed by atoms with Gasteiger partial charge in [-0.1, -0.05) is 11.6 Å². The molecule has 4 heterocycles. The number of amides is 1. The number of alkyl carbamates (subject to hydrolysis) is 1. The van der Waals surface area contributed by atoms with Crippen molar-refractivity contribution in [3.8, 4) is 11.1 Å². The monoisotopic (exact) mass is 524 g/mol. The number of fused-ring (bicyclic) bond motifs is 1. The number of piperidine rings is 1. The summed E-state index contributed by atoms with van der Waals surface area (Å²) in [5.41, 5.74) is 2.50. The number of hydrogen-bond donors (Lipinski definition) is 3. The van der Waals surface area contributed by atoms with Gasteiger partial charge in [-0.2, -0.15) is 0 Å². The number of carbonyl (C=O) groups excluding carboxylic acids is 1. The predicted molar refractivity (Wildman–Crippen MR) is 148 cm³/mol. The Morgan fingerprint density at radius 1 is 1.11 bits per heavy atom. The Balaban J connectivity index is 1.12. The molecular weight excluding hydrogens is 488 g/mol. The van der Waals surface area contributed by atoms with Crippen LogP contribution in [0, 0.1) is 0 Å². The van der Waals surface area contributed by atoms with Crippen molar-refractivity contribution in [3.05, 3.63) is 41.8 Å². The Morgan fingerprint density at radius 2 is 1.86 bits per heavy atom. The third-order valence-corrected chi connectivity index (χ3v) is 7.57. The van der Waals surface area contributed by atoms with Crippen molar-refractivity contribution >= 4 is 34.5 Å². The molecule has 1 aliphatic heterocycles. The molecule has 1 saturated carbocycles. The van der Waals surface area contributed by atoms with Crippen LogP contribution in [0.5, 0.6) is 0 Å². The first-order valence-electron chi connectivity index (χ1n) is 13.3. The smallest absolute Gasteiger partial charge is 0.407 e. The van der Waals surface area contributed by atoms with Crippen LogP contribution < -0.4 is 10.6 Å². The Kier molecular flexibility index (Phi) is 7.58. The minimum absolute atomic E-state index is 0.210. The average molecular weight is 525 g/mol. The van der Waals surface area contributed by atoms with Crippen molar-refractivity contribution < 1.29 is 9.53 Å². The molecule has 2 aliphatic rings. The second-order valence-electron chi connectivity index (χ2n) is 11.3. The molecule has 3 N–H and O–H groups in total. The van der Waals surface area contributed by atoms with E-state index in [1.807, 2.05) is 39.1 Å². The van der Waals surface area contributed by atoms with Crippen LogP contribution >= 0.6 is 11.6 Å². The molecular formula is C28H37ClN6O2. The molecule has 0 atom stereocenters. The van der Waals surface area contributed by atoms with Crippen molar-refractivity contribution in [2.24, 2.45) is 0 Å². The topological polar surface area (TPSA) is 95.2 Å². The fourth-order valence-corrected chi connectivity index (χ4v) is 5.81. The van der Waals surface area contributed by atoms with Crippen molar-refractivity contribution in [3.63, 3.8) is 0 Å². The molecule has 0 radical (unpaired) electrons. The summed E-state index contributed by atoms with van der Waals surface area (Å²) in [6.07, 6.45) is 9.81. The van der Waals surface area contributed by atoms with Gasteiger partial charge in [0.1, 0.15) is 22.2 Å². The minimum Gasteiger partial charge on any atom is -0.444 e. The van der Waals surface area contributed by atoms with E-state index in [4.69, 9.17) is 16.3 Å². The molecule has 1 amide bonds. The van der Waals surface area contributed by atoms with E-state index in [2.05, 4.69) is 42.6 Å². The summed E-state index contributed by atoms with van der Waals surface area (Å²) in [6, 6.07) is 9.15. The molecule has 8 nitrogen and oxygen atoms in total. The summed E-state index contributed by atoms with van der Waals surface area (Å²) in [6.45, 7) is 7.81. The number of hydrogen-bond acceptors (Lipinski definition) is 6. The number of rotatable bonds is 5. The summed E-state index contributed by atoms with van der Waals surface area (Å²) < 4.78 is 5.41. The third kappa shape index (κ3) is 6.54. The number of H-pyrrole nitrogens is 1. The molecule has 0 unspecified atom stereocenters. The molecule has 1 aliphatic carbocycles. The first-order chi connectivity index (χ1) is 17.7. The molecule has 1 saturated heterocycles. The molecule has 3 aromatic rings. The number of pyridine rings is 2. The second-order valence-corrected chi connectivity index (χ2v) is 11.7. The van der Waals surface area contributed by atoms with Crippen molar-refractivity contribution in [1.82, 2.24) is 25.2 Å². The van der Waals surface area contributed by atoms with Crippen LogP contribution in [0.3, 0.4) is 0 Å². The van der Waals surface area contributed by atoms with Gasteiger partial charge in [-0.05, 0) is 89.1 Å². The van der Waals surface area contributed by atoms with Crippen LogP contribution in [-0.2, 0) is 4.74 Å². The van der Waals surface area contributed by atoms with E-state index in [0.29, 0.717) is 17.2 Å². The highest BCUT2D eigenvalue weighted by molar-refractivity contribution is 6.29. The Labute approximate surface area is 223 Å². The van der Waals surface area contributed by atoms with Gasteiger partial charge in [0.05, 0.1) is 0 Å². The molecule has 5 rings (SSSR count). The molecule has 0 aromatic carbocycles. The Hall–Kier alpha value is -2.84. The molecule has 3 aromatic heterocycles. The van der Waals surface area contributed by atoms with Gasteiger partial charge >= 0.3 is 6.09 Å². The minimum atomic E-state index is -0.463. The van der Waals surface area contributed by atoms with Crippen LogP contribution in [0.2, 0.25) is 5.15 Å². The number of nitrogens with zero attached hydrogens (tertiary/aromatic N) is 3. The average Bonchev–Trinajstić information content (AvgIpc) is 3.28. The third-order valence-electron chi connectivity index (χ3n) is 7.37. The van der Waals surface area contributed by atoms with Crippen molar-refractivity contribution in [1.29, 1.82) is 0 Å². The van der Waals surface area contributed by atoms with Gasteiger partial charge in [0.25, 0.3) is 0 Å². The van der Waals surface area contributed by atoms with Crippen LogP contribution in [0.1, 0.15) is 59.3 Å². The van der Waals surface area contributed by atoms with Gasteiger partial charge in [-0.15, -0.1) is 0 Å². The van der Waals surface area contributed by atoms with Gasteiger partial charge in [0, 0.05) is 54.6 Å². The maximum atomic E-state index is 12.1. The summed E-state index contributed by atoms with van der Waals surface area (Å²) in [7, 11) is 0. The number of halogens is 1. The van der Waals surface area contributed by atoms with Gasteiger partial charge in [-0.3, -0.25) is 0 Å². The predicted octanol–water partition coefficient (Wildman–Crippen LogP) is 5.99. The van der Waals surface area contributed by atoms with Gasteiger partial charge in [0.2, 0.25) is 0 Å². The molecule has 9 heteroatoms. The standard InChI is InChI=1S/C28H37ClN6O2/c1-28(2,3)37-27(36)33-19-6-8-21(9-7-19)35-13-10-20(11-14-35)32-25-16-18(15-24(29)34-25)23-17-31-26-22(23)5-4-12-30-26/h4-5,12,15-17,19-21H,6-11,13-14H2,1-3H3,(H,30,31)(H,32,34)(H,33,36). The number of aromatic amines is 1. The van der Waals surface area contributed by atoms with Crippen molar-refractivity contribution in [2.45, 2.75) is 83.0 Å². The van der Waals surface area contributed by atoms with Crippen LogP contribution in [0.4, 0.5) is 10.6 Å². The Bertz CT molecular complexity index is 1220. The highest BCUT2D eigenvalue weighted by Gasteiger charge is 2.30. The number of likely N-dealkylation sites (tertiary alicyclic amines) is 1. The normalized spacial score (nSPS) is 21.6. The fourth-order valence-electron chi connectivity index (χ4n) is 5.60. The lowest BCUT2D eigenvalue weighted by molar-refractivity contribution is 0.0471. The first-order valence-corrected chi connectivity index (χ1v) is 13.7. The van der Waals surface area contributed by atoms with Crippen LogP contribution in [-0.4, -0.2) is 62.8 Å². The lowest BCUT2D eigenvalue weighted by Crippen LogP contribution is -2.48. The van der Waals surface area contributed by atoms with E-state index in [-0.39, 0.29) is 12.1 Å². The summed E-state index contributed by atoms with van der Waals surface area (Å²) in [4.78, 5) is 26.9. The molecule has 0 bridgehead atoms. The molecule has 198 valence electrons. The highest BCUT2D eigenvalue weighted by atomic mass is 35.5. The lowest BCUT2D eigenvalue weighted by atomic mass is 9.89. The van der Waals surface area contributed by atoms with E-state index in [0.717, 1.165) is 79.6 Å². The van der Waals surface area contributed by atoms with Crippen LogP contribution in [0.15, 0.2) is 36.7 Å². The van der Waals surface area contributed by atoms with Crippen molar-refractivity contribution in [2.75, 3.05) is 18.4 Å².